The number of hydrogen-bond acceptors (Lipinski definition) is 0. The van der Waals surface area contributed by atoms with Crippen molar-refractivity contribution in [1.29, 1.82) is 0 Å². The molecule has 0 aliphatic carbocycles. The van der Waals surface area contributed by atoms with E-state index in [2.05, 4.69) is 45.9 Å². The van der Waals surface area contributed by atoms with Crippen LogP contribution in [0.15, 0.2) is 18.2 Å². The zero-order chi connectivity index (χ0) is 14.1. The summed E-state index contributed by atoms with van der Waals surface area (Å²) in [7, 11) is 0.0840. The second kappa shape index (κ2) is 9.54. The fourth-order valence-corrected chi connectivity index (χ4v) is 5.39. The second-order valence-electron chi connectivity index (χ2n) is 5.69. The van der Waals surface area contributed by atoms with Crippen LogP contribution in [0.3, 0.4) is 0 Å². The first-order valence-electron chi connectivity index (χ1n) is 8.01. The van der Waals surface area contributed by atoms with Crippen molar-refractivity contribution in [1.82, 2.24) is 0 Å². The average Bonchev–Trinajstić information content (AvgIpc) is 2.40. The molecule has 0 spiro atoms. The molecule has 0 nitrogen and oxygen atoms in total. The lowest BCUT2D eigenvalue weighted by atomic mass is 10.2. The number of unbranched alkanes of at least 4 members (excludes halogenated alkanes) is 4. The maximum atomic E-state index is 2.46. The van der Waals surface area contributed by atoms with Crippen LogP contribution in [0, 0.1) is 13.8 Å². The van der Waals surface area contributed by atoms with Crippen LogP contribution in [0.5, 0.6) is 0 Å². The standard InChI is InChI=1S/C18H31P/c1-5-7-9-13-19(14-10-8-6-2)18-15-16(3)11-12-17(18)4/h11-12,15H,5-10,13-14H2,1-4H3. The van der Waals surface area contributed by atoms with Crippen molar-refractivity contribution in [3.63, 3.8) is 0 Å². The summed E-state index contributed by atoms with van der Waals surface area (Å²) >= 11 is 0. The third-order valence-corrected chi connectivity index (χ3v) is 6.64. The Morgan fingerprint density at radius 3 is 1.95 bits per heavy atom. The summed E-state index contributed by atoms with van der Waals surface area (Å²) in [5.74, 6) is 0. The zero-order valence-corrected chi connectivity index (χ0v) is 14.2. The minimum Gasteiger partial charge on any atom is -0.0750 e. The zero-order valence-electron chi connectivity index (χ0n) is 13.3. The molecule has 0 bridgehead atoms. The van der Waals surface area contributed by atoms with Gasteiger partial charge in [0.1, 0.15) is 0 Å². The maximum absolute atomic E-state index is 2.46. The van der Waals surface area contributed by atoms with E-state index >= 15 is 0 Å². The van der Waals surface area contributed by atoms with E-state index < -0.39 is 0 Å². The fourth-order valence-electron chi connectivity index (χ4n) is 2.52. The average molecular weight is 278 g/mol. The van der Waals surface area contributed by atoms with Crippen molar-refractivity contribution >= 4 is 13.2 Å². The van der Waals surface area contributed by atoms with Gasteiger partial charge in [-0.1, -0.05) is 71.2 Å². The molecule has 0 aromatic heterocycles. The Morgan fingerprint density at radius 2 is 1.42 bits per heavy atom. The first-order valence-corrected chi connectivity index (χ1v) is 9.72. The van der Waals surface area contributed by atoms with E-state index in [9.17, 15) is 0 Å². The van der Waals surface area contributed by atoms with Crippen LogP contribution in [0.1, 0.15) is 63.5 Å². The summed E-state index contributed by atoms with van der Waals surface area (Å²) in [5.41, 5.74) is 2.95. The van der Waals surface area contributed by atoms with Crippen molar-refractivity contribution in [2.75, 3.05) is 12.3 Å². The highest BCUT2D eigenvalue weighted by atomic mass is 31.1. The largest absolute Gasteiger partial charge is 0.0750 e. The third-order valence-electron chi connectivity index (χ3n) is 3.77. The molecule has 0 unspecified atom stereocenters. The van der Waals surface area contributed by atoms with Gasteiger partial charge in [-0.05, 0) is 49.9 Å². The Hall–Kier alpha value is -0.350. The highest BCUT2D eigenvalue weighted by Crippen LogP contribution is 2.38. The van der Waals surface area contributed by atoms with Crippen molar-refractivity contribution in [2.45, 2.75) is 66.2 Å². The fraction of sp³-hybridized carbons (Fsp3) is 0.667. The number of rotatable bonds is 9. The molecule has 1 aromatic carbocycles. The predicted molar refractivity (Wildman–Crippen MR) is 91.3 cm³/mol. The molecule has 0 amide bonds. The minimum atomic E-state index is 0.0840. The summed E-state index contributed by atoms with van der Waals surface area (Å²) in [6, 6.07) is 7.03. The van der Waals surface area contributed by atoms with Gasteiger partial charge in [0.05, 0.1) is 0 Å². The second-order valence-corrected chi connectivity index (χ2v) is 8.15. The molecule has 0 fully saturated rings. The highest BCUT2D eigenvalue weighted by molar-refractivity contribution is 7.65. The first kappa shape index (κ1) is 16.7. The van der Waals surface area contributed by atoms with Gasteiger partial charge >= 0.3 is 0 Å². The maximum Gasteiger partial charge on any atom is -0.0209 e. The number of aryl methyl sites for hydroxylation is 2. The Balaban J connectivity index is 2.72. The topological polar surface area (TPSA) is 0 Å². The molecule has 1 aromatic rings. The van der Waals surface area contributed by atoms with Gasteiger partial charge in [-0.15, -0.1) is 0 Å². The van der Waals surface area contributed by atoms with Gasteiger partial charge in [-0.25, -0.2) is 0 Å². The minimum absolute atomic E-state index is 0.0840. The summed E-state index contributed by atoms with van der Waals surface area (Å²) in [6.07, 6.45) is 11.2. The summed E-state index contributed by atoms with van der Waals surface area (Å²) in [4.78, 5) is 0. The van der Waals surface area contributed by atoms with Crippen LogP contribution >= 0.6 is 7.92 Å². The van der Waals surface area contributed by atoms with Gasteiger partial charge in [0, 0.05) is 0 Å². The van der Waals surface area contributed by atoms with Crippen LogP contribution in [-0.2, 0) is 0 Å². The van der Waals surface area contributed by atoms with E-state index in [4.69, 9.17) is 0 Å². The van der Waals surface area contributed by atoms with Gasteiger partial charge in [0.2, 0.25) is 0 Å². The van der Waals surface area contributed by atoms with Crippen LogP contribution in [0.4, 0.5) is 0 Å². The van der Waals surface area contributed by atoms with Crippen LogP contribution < -0.4 is 5.30 Å². The van der Waals surface area contributed by atoms with Crippen molar-refractivity contribution < 1.29 is 0 Å². The van der Waals surface area contributed by atoms with Crippen LogP contribution in [0.2, 0.25) is 0 Å². The van der Waals surface area contributed by atoms with Crippen molar-refractivity contribution in [3.8, 4) is 0 Å². The van der Waals surface area contributed by atoms with Gasteiger partial charge in [-0.3, -0.25) is 0 Å². The van der Waals surface area contributed by atoms with Crippen LogP contribution in [-0.4, -0.2) is 12.3 Å². The molecule has 108 valence electrons. The smallest absolute Gasteiger partial charge is 0.0209 e. The van der Waals surface area contributed by atoms with Gasteiger partial charge in [-0.2, -0.15) is 0 Å². The van der Waals surface area contributed by atoms with E-state index in [0.717, 1.165) is 0 Å². The van der Waals surface area contributed by atoms with E-state index in [1.807, 2.05) is 0 Å². The normalized spacial score (nSPS) is 11.2. The Morgan fingerprint density at radius 1 is 0.842 bits per heavy atom. The Labute approximate surface area is 121 Å². The molecule has 1 rings (SSSR count). The number of benzene rings is 1. The molecule has 0 saturated heterocycles. The molecule has 0 atom stereocenters. The quantitative estimate of drug-likeness (QED) is 0.396. The van der Waals surface area contributed by atoms with E-state index in [1.165, 1.54) is 62.0 Å². The van der Waals surface area contributed by atoms with E-state index in [0.29, 0.717) is 0 Å². The van der Waals surface area contributed by atoms with Gasteiger partial charge in [0.15, 0.2) is 0 Å². The van der Waals surface area contributed by atoms with Crippen LogP contribution in [0.25, 0.3) is 0 Å². The Kier molecular flexibility index (Phi) is 8.38. The van der Waals surface area contributed by atoms with E-state index in [-0.39, 0.29) is 7.92 Å². The van der Waals surface area contributed by atoms with Gasteiger partial charge in [0.25, 0.3) is 0 Å². The summed E-state index contributed by atoms with van der Waals surface area (Å²) < 4.78 is 0. The summed E-state index contributed by atoms with van der Waals surface area (Å²) in [6.45, 7) is 9.13. The monoisotopic (exact) mass is 278 g/mol. The molecule has 0 radical (unpaired) electrons. The lowest BCUT2D eigenvalue weighted by Crippen LogP contribution is -2.11. The molecular weight excluding hydrogens is 247 g/mol. The third kappa shape index (κ3) is 6.09. The highest BCUT2D eigenvalue weighted by Gasteiger charge is 2.12. The molecule has 0 N–H and O–H groups in total. The molecule has 0 saturated carbocycles. The molecule has 1 heteroatoms. The molecule has 0 aliphatic rings. The number of hydrogen-bond donors (Lipinski definition) is 0. The van der Waals surface area contributed by atoms with Crippen molar-refractivity contribution in [3.05, 3.63) is 29.3 Å². The Bertz CT molecular complexity index is 347. The summed E-state index contributed by atoms with van der Waals surface area (Å²) in [5, 5.41) is 1.68. The molecule has 0 heterocycles. The van der Waals surface area contributed by atoms with Gasteiger partial charge < -0.3 is 0 Å². The molecular formula is C18H31P. The van der Waals surface area contributed by atoms with E-state index in [1.54, 1.807) is 5.30 Å². The predicted octanol–water partition coefficient (Wildman–Crippen LogP) is 5.79. The SMILES string of the molecule is CCCCCP(CCCCC)c1cc(C)ccc1C. The lowest BCUT2D eigenvalue weighted by Gasteiger charge is -2.21. The lowest BCUT2D eigenvalue weighted by molar-refractivity contribution is 0.763. The molecule has 19 heavy (non-hydrogen) atoms. The first-order chi connectivity index (χ1) is 9.19. The molecule has 0 aliphatic heterocycles. The van der Waals surface area contributed by atoms with Crippen molar-refractivity contribution in [2.24, 2.45) is 0 Å².